The van der Waals surface area contributed by atoms with Gasteiger partial charge in [0.1, 0.15) is 11.8 Å². The van der Waals surface area contributed by atoms with E-state index < -0.39 is 4.92 Å². The number of nitriles is 1. The highest BCUT2D eigenvalue weighted by Gasteiger charge is 2.23. The molecule has 0 saturated heterocycles. The Morgan fingerprint density at radius 1 is 1.38 bits per heavy atom. The molecule has 0 saturated carbocycles. The van der Waals surface area contributed by atoms with Crippen LogP contribution in [0.1, 0.15) is 30.0 Å². The van der Waals surface area contributed by atoms with Crippen molar-refractivity contribution in [3.8, 4) is 11.8 Å². The van der Waals surface area contributed by atoms with Crippen LogP contribution in [0, 0.1) is 21.4 Å². The quantitative estimate of drug-likeness (QED) is 0.657. The SMILES string of the molecule is N#Cc1cc([N+](=O)[O-])ccc1NC1CCCOc2c(Cl)cccc21. The molecular weight excluding hydrogens is 330 g/mol. The van der Waals surface area contributed by atoms with Gasteiger partial charge in [-0.3, -0.25) is 10.1 Å². The van der Waals surface area contributed by atoms with Crippen LogP contribution in [-0.4, -0.2) is 11.5 Å². The van der Waals surface area contributed by atoms with E-state index in [1.807, 2.05) is 18.2 Å². The minimum Gasteiger partial charge on any atom is -0.492 e. The lowest BCUT2D eigenvalue weighted by Gasteiger charge is -2.20. The summed E-state index contributed by atoms with van der Waals surface area (Å²) in [4.78, 5) is 10.3. The van der Waals surface area contributed by atoms with E-state index >= 15 is 0 Å². The van der Waals surface area contributed by atoms with Crippen molar-refractivity contribution in [3.05, 3.63) is 62.7 Å². The summed E-state index contributed by atoms with van der Waals surface area (Å²) in [5.74, 6) is 0.648. The number of nitro groups is 1. The largest absolute Gasteiger partial charge is 0.492 e. The summed E-state index contributed by atoms with van der Waals surface area (Å²) in [5.41, 5.74) is 1.60. The lowest BCUT2D eigenvalue weighted by molar-refractivity contribution is -0.384. The molecule has 0 aromatic heterocycles. The van der Waals surface area contributed by atoms with Gasteiger partial charge in [0, 0.05) is 17.7 Å². The summed E-state index contributed by atoms with van der Waals surface area (Å²) in [5, 5.41) is 24.0. The zero-order valence-corrected chi connectivity index (χ0v) is 13.4. The Hall–Kier alpha value is -2.78. The van der Waals surface area contributed by atoms with Gasteiger partial charge in [0.05, 0.1) is 33.8 Å². The number of nitrogens with one attached hydrogen (secondary N) is 1. The molecule has 24 heavy (non-hydrogen) atoms. The molecule has 1 heterocycles. The van der Waals surface area contributed by atoms with Crippen molar-refractivity contribution in [2.75, 3.05) is 11.9 Å². The van der Waals surface area contributed by atoms with Crippen molar-refractivity contribution in [2.24, 2.45) is 0 Å². The van der Waals surface area contributed by atoms with Gasteiger partial charge < -0.3 is 10.1 Å². The van der Waals surface area contributed by atoms with Gasteiger partial charge in [-0.15, -0.1) is 0 Å². The summed E-state index contributed by atoms with van der Waals surface area (Å²) in [7, 11) is 0. The molecule has 0 fully saturated rings. The number of benzene rings is 2. The molecule has 0 amide bonds. The molecule has 0 radical (unpaired) electrons. The molecule has 122 valence electrons. The molecule has 1 aliphatic rings. The number of anilines is 1. The average Bonchev–Trinajstić information content (AvgIpc) is 2.78. The van der Waals surface area contributed by atoms with Crippen molar-refractivity contribution in [2.45, 2.75) is 18.9 Å². The van der Waals surface area contributed by atoms with E-state index in [2.05, 4.69) is 5.32 Å². The molecule has 3 rings (SSSR count). The third-order valence-corrected chi connectivity index (χ3v) is 4.22. The molecular formula is C17H14ClN3O3. The maximum absolute atomic E-state index is 10.9. The number of hydrogen-bond acceptors (Lipinski definition) is 5. The van der Waals surface area contributed by atoms with Gasteiger partial charge in [0.15, 0.2) is 0 Å². The summed E-state index contributed by atoms with van der Waals surface area (Å²) in [6.07, 6.45) is 1.63. The molecule has 1 aliphatic heterocycles. The smallest absolute Gasteiger partial charge is 0.270 e. The Morgan fingerprint density at radius 3 is 2.96 bits per heavy atom. The molecule has 0 aliphatic carbocycles. The number of para-hydroxylation sites is 1. The second-order valence-electron chi connectivity index (χ2n) is 5.44. The van der Waals surface area contributed by atoms with Gasteiger partial charge >= 0.3 is 0 Å². The fourth-order valence-corrected chi connectivity index (χ4v) is 3.01. The zero-order valence-electron chi connectivity index (χ0n) is 12.7. The number of hydrogen-bond donors (Lipinski definition) is 1. The minimum atomic E-state index is -0.515. The van der Waals surface area contributed by atoms with Crippen molar-refractivity contribution >= 4 is 23.0 Å². The Labute approximate surface area is 143 Å². The van der Waals surface area contributed by atoms with Crippen LogP contribution in [0.25, 0.3) is 0 Å². The molecule has 1 unspecified atom stereocenters. The first-order chi connectivity index (χ1) is 11.6. The number of rotatable bonds is 3. The lowest BCUT2D eigenvalue weighted by atomic mass is 10.0. The van der Waals surface area contributed by atoms with Gasteiger partial charge in [-0.2, -0.15) is 5.26 Å². The highest BCUT2D eigenvalue weighted by atomic mass is 35.5. The number of fused-ring (bicyclic) bond motifs is 1. The Balaban J connectivity index is 1.96. The van der Waals surface area contributed by atoms with E-state index in [0.29, 0.717) is 23.1 Å². The van der Waals surface area contributed by atoms with Crippen molar-refractivity contribution in [1.82, 2.24) is 0 Å². The second kappa shape index (κ2) is 6.77. The maximum Gasteiger partial charge on any atom is 0.270 e. The summed E-state index contributed by atoms with van der Waals surface area (Å²) >= 11 is 6.22. The topological polar surface area (TPSA) is 88.2 Å². The summed E-state index contributed by atoms with van der Waals surface area (Å²) in [6.45, 7) is 0.570. The van der Waals surface area contributed by atoms with E-state index in [4.69, 9.17) is 16.3 Å². The van der Waals surface area contributed by atoms with Crippen LogP contribution in [0.2, 0.25) is 5.02 Å². The molecule has 0 bridgehead atoms. The summed E-state index contributed by atoms with van der Waals surface area (Å²) in [6, 6.07) is 11.7. The standard InChI is InChI=1S/C17H14ClN3O3/c18-14-4-1-3-13-16(5-2-8-24-17(13)14)20-15-7-6-12(21(22)23)9-11(15)10-19/h1,3-4,6-7,9,16,20H,2,5,8H2. The van der Waals surface area contributed by atoms with Gasteiger partial charge in [-0.25, -0.2) is 0 Å². The molecule has 6 nitrogen and oxygen atoms in total. The average molecular weight is 344 g/mol. The molecule has 2 aromatic carbocycles. The first-order valence-corrected chi connectivity index (χ1v) is 7.84. The zero-order chi connectivity index (χ0) is 17.1. The first-order valence-electron chi connectivity index (χ1n) is 7.46. The number of ether oxygens (including phenoxy) is 1. The number of nitrogens with zero attached hydrogens (tertiary/aromatic N) is 2. The van der Waals surface area contributed by atoms with Crippen molar-refractivity contribution in [1.29, 1.82) is 5.26 Å². The van der Waals surface area contributed by atoms with Crippen LogP contribution in [0.15, 0.2) is 36.4 Å². The van der Waals surface area contributed by atoms with Crippen LogP contribution in [-0.2, 0) is 0 Å². The van der Waals surface area contributed by atoms with E-state index in [9.17, 15) is 15.4 Å². The van der Waals surface area contributed by atoms with E-state index in [1.54, 1.807) is 12.1 Å². The van der Waals surface area contributed by atoms with Crippen molar-refractivity contribution < 1.29 is 9.66 Å². The molecule has 1 N–H and O–H groups in total. The van der Waals surface area contributed by atoms with Gasteiger partial charge in [-0.05, 0) is 25.0 Å². The van der Waals surface area contributed by atoms with Gasteiger partial charge in [0.25, 0.3) is 5.69 Å². The highest BCUT2D eigenvalue weighted by Crippen LogP contribution is 2.39. The second-order valence-corrected chi connectivity index (χ2v) is 5.85. The lowest BCUT2D eigenvalue weighted by Crippen LogP contribution is -2.11. The summed E-state index contributed by atoms with van der Waals surface area (Å²) < 4.78 is 5.73. The fraction of sp³-hybridized carbons (Fsp3) is 0.235. The molecule has 2 aromatic rings. The van der Waals surface area contributed by atoms with Gasteiger partial charge in [0.2, 0.25) is 0 Å². The third-order valence-electron chi connectivity index (χ3n) is 3.92. The van der Waals surface area contributed by atoms with Crippen LogP contribution >= 0.6 is 11.6 Å². The normalized spacial score (nSPS) is 16.2. The predicted molar refractivity (Wildman–Crippen MR) is 90.4 cm³/mol. The first kappa shape index (κ1) is 16.1. The van der Waals surface area contributed by atoms with Crippen LogP contribution in [0.5, 0.6) is 5.75 Å². The maximum atomic E-state index is 10.9. The predicted octanol–water partition coefficient (Wildman–Crippen LogP) is 4.45. The van der Waals surface area contributed by atoms with Crippen LogP contribution < -0.4 is 10.1 Å². The number of nitro benzene ring substituents is 1. The van der Waals surface area contributed by atoms with E-state index in [1.165, 1.54) is 12.1 Å². The van der Waals surface area contributed by atoms with Crippen LogP contribution in [0.4, 0.5) is 11.4 Å². The van der Waals surface area contributed by atoms with E-state index in [0.717, 1.165) is 18.4 Å². The Morgan fingerprint density at radius 2 is 2.21 bits per heavy atom. The molecule has 1 atom stereocenters. The fourth-order valence-electron chi connectivity index (χ4n) is 2.77. The number of halogens is 1. The monoisotopic (exact) mass is 343 g/mol. The number of non-ortho nitro benzene ring substituents is 1. The molecule has 0 spiro atoms. The third kappa shape index (κ3) is 3.12. The van der Waals surface area contributed by atoms with Crippen molar-refractivity contribution in [3.63, 3.8) is 0 Å². The minimum absolute atomic E-state index is 0.0882. The Bertz CT molecular complexity index is 832. The molecule has 7 heteroatoms. The Kier molecular flexibility index (Phi) is 4.54. The van der Waals surface area contributed by atoms with E-state index in [-0.39, 0.29) is 17.3 Å². The highest BCUT2D eigenvalue weighted by molar-refractivity contribution is 6.32. The van der Waals surface area contributed by atoms with Gasteiger partial charge in [-0.1, -0.05) is 23.7 Å². The van der Waals surface area contributed by atoms with Crippen LogP contribution in [0.3, 0.4) is 0 Å².